The highest BCUT2D eigenvalue weighted by Crippen LogP contribution is 2.28. The Morgan fingerprint density at radius 1 is 1.21 bits per heavy atom. The standard InChI is InChI=1S/C25H24F2N4O2/c1-15(30-25(32)23-6-9-29-24(31-23)18-7-10-33-11-8-18)16-2-4-17(5-3-16)20-12-19(26)13-22(27)21(20)14-28/h2-7,9,12-13,15H,8,10-11,14,28H2,1H3,(H,30,32)/t15-/m1/s1. The Bertz CT molecular complexity index is 1200. The zero-order valence-corrected chi connectivity index (χ0v) is 18.1. The van der Waals surface area contributed by atoms with Crippen LogP contribution in [0, 0.1) is 11.6 Å². The number of nitrogens with two attached hydrogens (primary N) is 1. The molecular formula is C25H24F2N4O2. The van der Waals surface area contributed by atoms with E-state index in [9.17, 15) is 13.6 Å². The summed E-state index contributed by atoms with van der Waals surface area (Å²) in [6, 6.07) is 10.5. The Kier molecular flexibility index (Phi) is 6.86. The molecule has 1 aromatic heterocycles. The van der Waals surface area contributed by atoms with Gasteiger partial charge < -0.3 is 15.8 Å². The second kappa shape index (κ2) is 9.97. The third-order valence-corrected chi connectivity index (χ3v) is 5.57. The van der Waals surface area contributed by atoms with Crippen molar-refractivity contribution in [1.82, 2.24) is 15.3 Å². The van der Waals surface area contributed by atoms with Gasteiger partial charge in [0.1, 0.15) is 17.3 Å². The van der Waals surface area contributed by atoms with E-state index in [1.54, 1.807) is 24.4 Å². The minimum absolute atomic E-state index is 0.0412. The molecule has 6 nitrogen and oxygen atoms in total. The molecule has 0 spiro atoms. The summed E-state index contributed by atoms with van der Waals surface area (Å²) in [6.45, 7) is 2.93. The summed E-state index contributed by atoms with van der Waals surface area (Å²) < 4.78 is 33.1. The van der Waals surface area contributed by atoms with Gasteiger partial charge in [0.05, 0.1) is 19.3 Å². The number of aromatic nitrogens is 2. The van der Waals surface area contributed by atoms with Crippen molar-refractivity contribution >= 4 is 11.5 Å². The van der Waals surface area contributed by atoms with Crippen molar-refractivity contribution in [2.45, 2.75) is 25.9 Å². The molecule has 1 aliphatic rings. The van der Waals surface area contributed by atoms with Gasteiger partial charge in [-0.1, -0.05) is 30.3 Å². The minimum atomic E-state index is -0.669. The van der Waals surface area contributed by atoms with Crippen LogP contribution in [-0.2, 0) is 11.3 Å². The van der Waals surface area contributed by atoms with E-state index >= 15 is 0 Å². The number of benzene rings is 2. The number of ether oxygens (including phenoxy) is 1. The lowest BCUT2D eigenvalue weighted by Gasteiger charge is -2.16. The summed E-state index contributed by atoms with van der Waals surface area (Å²) in [6.07, 6.45) is 4.19. The number of halogens is 2. The molecule has 0 bridgehead atoms. The molecular weight excluding hydrogens is 426 g/mol. The number of carbonyl (C=O) groups excluding carboxylic acids is 1. The maximum Gasteiger partial charge on any atom is 0.270 e. The number of rotatable bonds is 6. The van der Waals surface area contributed by atoms with Crippen molar-refractivity contribution in [3.63, 3.8) is 0 Å². The molecule has 0 unspecified atom stereocenters. The molecule has 0 saturated carbocycles. The molecule has 3 N–H and O–H groups in total. The lowest BCUT2D eigenvalue weighted by atomic mass is 9.97. The summed E-state index contributed by atoms with van der Waals surface area (Å²) in [5.74, 6) is -1.12. The molecule has 2 heterocycles. The fourth-order valence-corrected chi connectivity index (χ4v) is 3.74. The number of amides is 1. The first-order valence-electron chi connectivity index (χ1n) is 10.7. The third-order valence-electron chi connectivity index (χ3n) is 5.57. The number of carbonyl (C=O) groups is 1. The minimum Gasteiger partial charge on any atom is -0.377 e. The van der Waals surface area contributed by atoms with Crippen LogP contribution in [0.3, 0.4) is 0 Å². The molecule has 1 atom stereocenters. The average Bonchev–Trinajstić information content (AvgIpc) is 2.84. The molecule has 170 valence electrons. The van der Waals surface area contributed by atoms with Gasteiger partial charge in [0.2, 0.25) is 0 Å². The number of hydrogen-bond donors (Lipinski definition) is 2. The van der Waals surface area contributed by atoms with Crippen LogP contribution in [0.15, 0.2) is 54.7 Å². The molecule has 0 radical (unpaired) electrons. The highest BCUT2D eigenvalue weighted by atomic mass is 19.1. The summed E-state index contributed by atoms with van der Waals surface area (Å²) in [7, 11) is 0. The van der Waals surface area contributed by atoms with Crippen molar-refractivity contribution in [3.05, 3.63) is 89.0 Å². The smallest absolute Gasteiger partial charge is 0.270 e. The van der Waals surface area contributed by atoms with E-state index in [0.29, 0.717) is 36.6 Å². The van der Waals surface area contributed by atoms with Gasteiger partial charge in [-0.25, -0.2) is 18.7 Å². The molecule has 33 heavy (non-hydrogen) atoms. The highest BCUT2D eigenvalue weighted by Gasteiger charge is 2.17. The van der Waals surface area contributed by atoms with Gasteiger partial charge in [-0.05, 0) is 47.7 Å². The van der Waals surface area contributed by atoms with Gasteiger partial charge in [0, 0.05) is 24.4 Å². The van der Waals surface area contributed by atoms with Crippen LogP contribution in [0.5, 0.6) is 0 Å². The van der Waals surface area contributed by atoms with Crippen LogP contribution in [0.4, 0.5) is 8.78 Å². The first kappa shape index (κ1) is 22.7. The van der Waals surface area contributed by atoms with Gasteiger partial charge >= 0.3 is 0 Å². The van der Waals surface area contributed by atoms with Crippen LogP contribution in [0.2, 0.25) is 0 Å². The normalized spacial score (nSPS) is 14.5. The third kappa shape index (κ3) is 5.13. The summed E-state index contributed by atoms with van der Waals surface area (Å²) in [5, 5.41) is 2.93. The Hall–Kier alpha value is -3.49. The van der Waals surface area contributed by atoms with E-state index in [1.165, 1.54) is 6.07 Å². The molecule has 0 saturated heterocycles. The lowest BCUT2D eigenvalue weighted by Crippen LogP contribution is -2.27. The maximum atomic E-state index is 14.1. The van der Waals surface area contributed by atoms with Crippen LogP contribution < -0.4 is 11.1 Å². The summed E-state index contributed by atoms with van der Waals surface area (Å²) in [5.41, 5.74) is 9.03. The van der Waals surface area contributed by atoms with E-state index < -0.39 is 11.6 Å². The fraction of sp³-hybridized carbons (Fsp3) is 0.240. The molecule has 3 aromatic rings. The van der Waals surface area contributed by atoms with Crippen molar-refractivity contribution in [3.8, 4) is 11.1 Å². The van der Waals surface area contributed by atoms with Crippen molar-refractivity contribution in [2.75, 3.05) is 13.2 Å². The summed E-state index contributed by atoms with van der Waals surface area (Å²) in [4.78, 5) is 21.4. The molecule has 2 aromatic carbocycles. The molecule has 1 amide bonds. The molecule has 0 fully saturated rings. The van der Waals surface area contributed by atoms with Crippen LogP contribution in [-0.4, -0.2) is 29.1 Å². The van der Waals surface area contributed by atoms with Crippen LogP contribution in [0.1, 0.15) is 46.8 Å². The second-order valence-corrected chi connectivity index (χ2v) is 7.75. The maximum absolute atomic E-state index is 14.1. The predicted octanol–water partition coefficient (Wildman–Crippen LogP) is 4.18. The SMILES string of the molecule is C[C@@H](NC(=O)c1ccnc(C2=CCOCC2)n1)c1ccc(-c2cc(F)cc(F)c2CN)cc1. The highest BCUT2D eigenvalue weighted by molar-refractivity contribution is 5.92. The van der Waals surface area contributed by atoms with Crippen molar-refractivity contribution in [2.24, 2.45) is 5.73 Å². The molecule has 0 aliphatic carbocycles. The van der Waals surface area contributed by atoms with Gasteiger partial charge in [-0.3, -0.25) is 4.79 Å². The first-order chi connectivity index (χ1) is 16.0. The van der Waals surface area contributed by atoms with Crippen molar-refractivity contribution < 1.29 is 18.3 Å². The van der Waals surface area contributed by atoms with Crippen LogP contribution >= 0.6 is 0 Å². The zero-order valence-electron chi connectivity index (χ0n) is 18.1. The number of hydrogen-bond acceptors (Lipinski definition) is 5. The van der Waals surface area contributed by atoms with E-state index in [2.05, 4.69) is 15.3 Å². The van der Waals surface area contributed by atoms with E-state index in [1.807, 2.05) is 25.1 Å². The van der Waals surface area contributed by atoms with E-state index in [0.717, 1.165) is 17.2 Å². The number of nitrogens with one attached hydrogen (secondary N) is 1. The van der Waals surface area contributed by atoms with Crippen molar-refractivity contribution in [1.29, 1.82) is 0 Å². The van der Waals surface area contributed by atoms with Gasteiger partial charge in [-0.2, -0.15) is 0 Å². The summed E-state index contributed by atoms with van der Waals surface area (Å²) >= 11 is 0. The lowest BCUT2D eigenvalue weighted by molar-refractivity contribution is 0.0934. The Morgan fingerprint density at radius 3 is 2.70 bits per heavy atom. The average molecular weight is 450 g/mol. The fourth-order valence-electron chi connectivity index (χ4n) is 3.74. The molecule has 1 aliphatic heterocycles. The van der Waals surface area contributed by atoms with E-state index in [-0.39, 0.29) is 29.8 Å². The van der Waals surface area contributed by atoms with E-state index in [4.69, 9.17) is 10.5 Å². The van der Waals surface area contributed by atoms with Gasteiger partial charge in [0.25, 0.3) is 5.91 Å². The van der Waals surface area contributed by atoms with Gasteiger partial charge in [0.15, 0.2) is 5.82 Å². The first-order valence-corrected chi connectivity index (χ1v) is 10.7. The molecule has 4 rings (SSSR count). The zero-order chi connectivity index (χ0) is 23.4. The molecule has 8 heteroatoms. The Balaban J connectivity index is 1.49. The topological polar surface area (TPSA) is 90.1 Å². The predicted molar refractivity (Wildman–Crippen MR) is 121 cm³/mol. The Labute approximate surface area is 190 Å². The Morgan fingerprint density at radius 2 is 2.00 bits per heavy atom. The second-order valence-electron chi connectivity index (χ2n) is 7.75. The van der Waals surface area contributed by atoms with Gasteiger partial charge in [-0.15, -0.1) is 0 Å². The largest absolute Gasteiger partial charge is 0.377 e. The van der Waals surface area contributed by atoms with Crippen LogP contribution in [0.25, 0.3) is 16.7 Å². The quantitative estimate of drug-likeness (QED) is 0.588. The number of nitrogens with zero attached hydrogens (tertiary/aromatic N) is 2. The monoisotopic (exact) mass is 450 g/mol.